The zero-order chi connectivity index (χ0) is 29.9. The van der Waals surface area contributed by atoms with Crippen LogP contribution in [-0.2, 0) is 31.3 Å². The van der Waals surface area contributed by atoms with Crippen LogP contribution in [0.5, 0.6) is 0 Å². The van der Waals surface area contributed by atoms with Crippen molar-refractivity contribution in [3.8, 4) is 0 Å². The Bertz CT molecular complexity index is 1620. The highest BCUT2D eigenvalue weighted by Gasteiger charge is 2.44. The van der Waals surface area contributed by atoms with E-state index in [1.54, 1.807) is 6.20 Å². The molecule has 12 heteroatoms. The Hall–Kier alpha value is -4.32. The zero-order valence-corrected chi connectivity index (χ0v) is 24.6. The molecule has 2 atom stereocenters. The van der Waals surface area contributed by atoms with Crippen molar-refractivity contribution in [1.29, 1.82) is 0 Å². The van der Waals surface area contributed by atoms with E-state index in [-0.39, 0.29) is 18.3 Å². The summed E-state index contributed by atoms with van der Waals surface area (Å²) in [5.41, 5.74) is 13.9. The minimum atomic E-state index is -1.12. The number of nitrogens with one attached hydrogen (secondary N) is 1. The number of nitrogens with zero attached hydrogens (tertiary/aromatic N) is 7. The number of hydrogen-bond donors (Lipinski definition) is 3. The maximum absolute atomic E-state index is 13.7. The molecule has 1 fully saturated rings. The van der Waals surface area contributed by atoms with E-state index in [0.717, 1.165) is 62.2 Å². The summed E-state index contributed by atoms with van der Waals surface area (Å²) in [5.74, 6) is -0.467. The number of carboxylic acid groups (broad SMARTS) is 1. The van der Waals surface area contributed by atoms with Crippen LogP contribution in [0.15, 0.2) is 30.6 Å². The van der Waals surface area contributed by atoms with Crippen molar-refractivity contribution in [1.82, 2.24) is 39.7 Å². The van der Waals surface area contributed by atoms with Crippen molar-refractivity contribution in [2.45, 2.75) is 89.5 Å². The van der Waals surface area contributed by atoms with Crippen LogP contribution in [0.1, 0.15) is 82.2 Å². The van der Waals surface area contributed by atoms with Gasteiger partial charge in [0.15, 0.2) is 5.69 Å². The summed E-state index contributed by atoms with van der Waals surface area (Å²) in [7, 11) is 0. The van der Waals surface area contributed by atoms with Crippen LogP contribution in [0.25, 0.3) is 5.57 Å². The molecular weight excluding hydrogens is 546 g/mol. The van der Waals surface area contributed by atoms with Gasteiger partial charge in [0.25, 0.3) is 5.91 Å². The van der Waals surface area contributed by atoms with Crippen LogP contribution in [0, 0.1) is 13.8 Å². The lowest BCUT2D eigenvalue weighted by molar-refractivity contribution is 0.0709. The van der Waals surface area contributed by atoms with Crippen molar-refractivity contribution in [2.24, 2.45) is 5.73 Å². The molecule has 3 aromatic rings. The van der Waals surface area contributed by atoms with Crippen molar-refractivity contribution in [3.63, 3.8) is 0 Å². The van der Waals surface area contributed by atoms with E-state index in [1.807, 2.05) is 6.08 Å². The first kappa shape index (κ1) is 27.5. The number of amides is 2. The minimum absolute atomic E-state index is 0.156. The first-order valence-corrected chi connectivity index (χ1v) is 15.2. The van der Waals surface area contributed by atoms with Crippen molar-refractivity contribution in [3.05, 3.63) is 75.9 Å². The van der Waals surface area contributed by atoms with Crippen LogP contribution in [0.3, 0.4) is 0 Å². The standard InChI is InChI=1S/C31H37N9O3/c1-18-25(22-7-4-14-39(22)36-18)31(26-19(2)37-40-15-5-8-23(26)40)11-3-6-20(16-31)27-28(34-13-12-33-27)29(41)35-24-10-9-21(32)17-38(24)30(42)43/h3,6,12-13,16,21,24H,4-5,7-11,14-15,17,32H2,1-2H3,(H,35,41)(H,42,43). The SMILES string of the molecule is Cc1nn2c(c1C1(c3c(C)nn4c3CCC4)C=C(c3nccnc3C(=O)NC3CCC(N)CN3C(=O)O)C=CC1)CCC2. The summed E-state index contributed by atoms with van der Waals surface area (Å²) in [4.78, 5) is 35.9. The molecular formula is C31H37N9O3. The maximum atomic E-state index is 13.7. The third kappa shape index (κ3) is 4.46. The zero-order valence-electron chi connectivity index (χ0n) is 24.6. The number of nitrogens with two attached hydrogens (primary N) is 1. The minimum Gasteiger partial charge on any atom is -0.465 e. The summed E-state index contributed by atoms with van der Waals surface area (Å²) >= 11 is 0. The Balaban J connectivity index is 1.34. The number of aryl methyl sites for hydroxylation is 4. The molecule has 2 unspecified atom stereocenters. The van der Waals surface area contributed by atoms with E-state index in [0.29, 0.717) is 18.5 Å². The fourth-order valence-corrected chi connectivity index (χ4v) is 7.75. The molecule has 0 radical (unpaired) electrons. The molecule has 6 heterocycles. The average molecular weight is 584 g/mol. The predicted octanol–water partition coefficient (Wildman–Crippen LogP) is 2.87. The second-order valence-electron chi connectivity index (χ2n) is 12.2. The van der Waals surface area contributed by atoms with E-state index < -0.39 is 23.6 Å². The molecule has 3 aliphatic heterocycles. The number of hydrogen-bond acceptors (Lipinski definition) is 7. The van der Waals surface area contributed by atoms with E-state index in [9.17, 15) is 14.7 Å². The molecule has 2 amide bonds. The summed E-state index contributed by atoms with van der Waals surface area (Å²) in [5, 5.41) is 22.6. The number of aromatic nitrogens is 6. The molecule has 43 heavy (non-hydrogen) atoms. The Morgan fingerprint density at radius 2 is 1.65 bits per heavy atom. The average Bonchev–Trinajstić information content (AvgIpc) is 3.75. The van der Waals surface area contributed by atoms with E-state index in [1.165, 1.54) is 33.6 Å². The second kappa shape index (κ2) is 10.4. The van der Waals surface area contributed by atoms with Gasteiger partial charge in [0.2, 0.25) is 0 Å². The Labute approximate surface area is 249 Å². The van der Waals surface area contributed by atoms with Gasteiger partial charge in [-0.15, -0.1) is 0 Å². The lowest BCUT2D eigenvalue weighted by atomic mass is 9.66. The van der Waals surface area contributed by atoms with Crippen molar-refractivity contribution < 1.29 is 14.7 Å². The van der Waals surface area contributed by atoms with Gasteiger partial charge in [0.05, 0.1) is 11.4 Å². The van der Waals surface area contributed by atoms with Crippen LogP contribution in [0.4, 0.5) is 4.79 Å². The van der Waals surface area contributed by atoms with Crippen molar-refractivity contribution >= 4 is 17.6 Å². The van der Waals surface area contributed by atoms with E-state index >= 15 is 0 Å². The summed E-state index contributed by atoms with van der Waals surface area (Å²) in [6, 6.07) is -0.260. The lowest BCUT2D eigenvalue weighted by Crippen LogP contribution is -2.57. The molecule has 0 saturated carbocycles. The predicted molar refractivity (Wildman–Crippen MR) is 158 cm³/mol. The monoisotopic (exact) mass is 583 g/mol. The number of carbonyl (C=O) groups excluding carboxylic acids is 1. The quantitative estimate of drug-likeness (QED) is 0.414. The van der Waals surface area contributed by atoms with Crippen molar-refractivity contribution in [2.75, 3.05) is 6.54 Å². The van der Waals surface area contributed by atoms with Crippen LogP contribution >= 0.6 is 0 Å². The largest absolute Gasteiger partial charge is 0.465 e. The molecule has 224 valence electrons. The fourth-order valence-electron chi connectivity index (χ4n) is 7.75. The topological polar surface area (TPSA) is 157 Å². The van der Waals surface area contributed by atoms with Gasteiger partial charge in [-0.25, -0.2) is 9.78 Å². The number of allylic oxidation sites excluding steroid dienone is 4. The van der Waals surface area contributed by atoms with Gasteiger partial charge >= 0.3 is 6.09 Å². The fraction of sp³-hybridized carbons (Fsp3) is 0.484. The molecule has 3 aromatic heterocycles. The number of likely N-dealkylation sites (tertiary alicyclic amines) is 1. The number of piperidine rings is 1. The first-order chi connectivity index (χ1) is 20.8. The van der Waals surface area contributed by atoms with Gasteiger partial charge in [0.1, 0.15) is 11.9 Å². The Morgan fingerprint density at radius 1 is 1.00 bits per heavy atom. The number of rotatable bonds is 5. The Morgan fingerprint density at radius 3 is 2.30 bits per heavy atom. The van der Waals surface area contributed by atoms with Gasteiger partial charge < -0.3 is 16.2 Å². The van der Waals surface area contributed by atoms with E-state index in [2.05, 4.69) is 50.6 Å². The highest BCUT2D eigenvalue weighted by Crippen LogP contribution is 2.49. The molecule has 0 aromatic carbocycles. The van der Waals surface area contributed by atoms with Gasteiger partial charge in [0, 0.05) is 66.0 Å². The van der Waals surface area contributed by atoms with E-state index in [4.69, 9.17) is 15.9 Å². The highest BCUT2D eigenvalue weighted by atomic mass is 16.4. The van der Waals surface area contributed by atoms with Crippen LogP contribution in [0.2, 0.25) is 0 Å². The molecule has 4 N–H and O–H groups in total. The normalized spacial score (nSPS) is 22.3. The number of carbonyl (C=O) groups is 2. The molecule has 4 aliphatic rings. The lowest BCUT2D eigenvalue weighted by Gasteiger charge is -2.37. The van der Waals surface area contributed by atoms with Crippen LogP contribution in [-0.4, -0.2) is 70.3 Å². The van der Waals surface area contributed by atoms with Gasteiger partial charge in [-0.05, 0) is 64.4 Å². The molecule has 0 bridgehead atoms. The molecule has 12 nitrogen and oxygen atoms in total. The van der Waals surface area contributed by atoms with Gasteiger partial charge in [-0.2, -0.15) is 10.2 Å². The van der Waals surface area contributed by atoms with Crippen LogP contribution < -0.4 is 11.1 Å². The molecule has 0 spiro atoms. The summed E-state index contributed by atoms with van der Waals surface area (Å²) < 4.78 is 4.31. The third-order valence-corrected chi connectivity index (χ3v) is 9.41. The van der Waals surface area contributed by atoms with Gasteiger partial charge in [-0.1, -0.05) is 18.2 Å². The summed E-state index contributed by atoms with van der Waals surface area (Å²) in [6.45, 7) is 6.18. The first-order valence-electron chi connectivity index (χ1n) is 15.2. The smallest absolute Gasteiger partial charge is 0.408 e. The highest BCUT2D eigenvalue weighted by molar-refractivity contribution is 5.98. The maximum Gasteiger partial charge on any atom is 0.408 e. The Kier molecular flexibility index (Phi) is 6.68. The molecule has 7 rings (SSSR count). The summed E-state index contributed by atoms with van der Waals surface area (Å²) in [6.07, 6.45) is 13.6. The third-order valence-electron chi connectivity index (χ3n) is 9.41. The molecule has 1 saturated heterocycles. The molecule has 1 aliphatic carbocycles. The van der Waals surface area contributed by atoms with Gasteiger partial charge in [-0.3, -0.25) is 24.0 Å². The number of fused-ring (bicyclic) bond motifs is 2. The second-order valence-corrected chi connectivity index (χ2v) is 12.2.